The Kier molecular flexibility index (Phi) is 4.95. The fourth-order valence-electron chi connectivity index (χ4n) is 4.20. The molecule has 0 N–H and O–H groups in total. The maximum atomic E-state index is 2.38. The lowest BCUT2D eigenvalue weighted by atomic mass is 9.98. The molecular weight excluding hydrogens is 424 g/mol. The molecule has 2 aromatic heterocycles. The Morgan fingerprint density at radius 1 is 0.375 bits per heavy atom. The first kappa shape index (κ1) is 19.2. The monoisotopic (exact) mass is 444 g/mol. The zero-order valence-corrected chi connectivity index (χ0v) is 19.0. The lowest BCUT2D eigenvalue weighted by molar-refractivity contribution is 1.67. The summed E-state index contributed by atoms with van der Waals surface area (Å²) in [5.74, 6) is 0. The van der Waals surface area contributed by atoms with Crippen LogP contribution in [0.5, 0.6) is 0 Å². The second-order valence-electron chi connectivity index (χ2n) is 7.77. The van der Waals surface area contributed by atoms with E-state index in [9.17, 15) is 0 Å². The Labute approximate surface area is 195 Å². The van der Waals surface area contributed by atoms with Crippen LogP contribution in [0.1, 0.15) is 0 Å². The summed E-state index contributed by atoms with van der Waals surface area (Å²) in [7, 11) is 0. The third-order valence-electron chi connectivity index (χ3n) is 5.75. The van der Waals surface area contributed by atoms with Gasteiger partial charge in [-0.1, -0.05) is 60.7 Å². The van der Waals surface area contributed by atoms with E-state index in [-0.39, 0.29) is 0 Å². The van der Waals surface area contributed by atoms with Crippen LogP contribution in [0.3, 0.4) is 0 Å². The molecule has 0 unspecified atom stereocenters. The third kappa shape index (κ3) is 3.48. The van der Waals surface area contributed by atoms with Crippen molar-refractivity contribution < 1.29 is 0 Å². The third-order valence-corrected chi connectivity index (χ3v) is 8.05. The van der Waals surface area contributed by atoms with Crippen LogP contribution in [0.15, 0.2) is 121 Å². The molecule has 0 aliphatic heterocycles. The van der Waals surface area contributed by atoms with Crippen molar-refractivity contribution in [1.82, 2.24) is 0 Å². The summed E-state index contributed by atoms with van der Waals surface area (Å²) in [6, 6.07) is 43.7. The Bertz CT molecular complexity index is 1430. The van der Waals surface area contributed by atoms with Gasteiger partial charge in [0.15, 0.2) is 0 Å². The number of fused-ring (bicyclic) bond motifs is 2. The molecule has 0 atom stereocenters. The van der Waals surface area contributed by atoms with Gasteiger partial charge in [-0.15, -0.1) is 0 Å². The van der Waals surface area contributed by atoms with Crippen LogP contribution < -0.4 is 0 Å². The number of benzene rings is 4. The van der Waals surface area contributed by atoms with Crippen molar-refractivity contribution in [3.63, 3.8) is 0 Å². The van der Waals surface area contributed by atoms with E-state index >= 15 is 0 Å². The lowest BCUT2D eigenvalue weighted by Crippen LogP contribution is -1.86. The molecule has 6 aromatic rings. The molecule has 150 valence electrons. The van der Waals surface area contributed by atoms with E-state index in [2.05, 4.69) is 121 Å². The summed E-state index contributed by atoms with van der Waals surface area (Å²) >= 11 is 3.71. The Morgan fingerprint density at radius 2 is 0.750 bits per heavy atom. The van der Waals surface area contributed by atoms with Crippen molar-refractivity contribution in [3.05, 3.63) is 121 Å². The van der Waals surface area contributed by atoms with Crippen molar-refractivity contribution >= 4 is 42.8 Å². The van der Waals surface area contributed by atoms with Gasteiger partial charge in [-0.2, -0.15) is 0 Å². The van der Waals surface area contributed by atoms with Crippen molar-refractivity contribution in [2.45, 2.75) is 0 Å². The molecule has 6 rings (SSSR count). The van der Waals surface area contributed by atoms with Crippen LogP contribution >= 0.6 is 22.7 Å². The molecule has 0 bridgehead atoms. The predicted octanol–water partition coefficient (Wildman–Crippen LogP) is 9.68. The number of rotatable bonds is 3. The van der Waals surface area contributed by atoms with Gasteiger partial charge in [0.2, 0.25) is 41.8 Å². The van der Waals surface area contributed by atoms with Crippen molar-refractivity contribution in [1.29, 1.82) is 0 Å². The summed E-state index contributed by atoms with van der Waals surface area (Å²) < 4.78 is 2.61. The second-order valence-corrected chi connectivity index (χ2v) is 9.94. The summed E-state index contributed by atoms with van der Waals surface area (Å²) in [6.07, 6.45) is 0. The molecule has 0 aliphatic carbocycles. The Morgan fingerprint density at radius 3 is 1.19 bits per heavy atom. The first-order valence-electron chi connectivity index (χ1n) is 10.7. The predicted molar refractivity (Wildman–Crippen MR) is 142 cm³/mol. The molecule has 0 radical (unpaired) electrons. The van der Waals surface area contributed by atoms with Gasteiger partial charge < -0.3 is 0 Å². The molecule has 0 saturated heterocycles. The van der Waals surface area contributed by atoms with Gasteiger partial charge in [-0.05, 0) is 36.4 Å². The normalized spacial score (nSPS) is 11.1. The van der Waals surface area contributed by atoms with Crippen LogP contribution in [0.4, 0.5) is 0 Å². The lowest BCUT2D eigenvalue weighted by Gasteiger charge is -2.07. The first-order valence-corrected chi connectivity index (χ1v) is 12.3. The zero-order valence-electron chi connectivity index (χ0n) is 17.4. The number of hydrogen-bond donors (Lipinski definition) is 0. The minimum absolute atomic E-state index is 1.26. The minimum Gasteiger partial charge on any atom is -0.0622 e. The van der Waals surface area contributed by atoms with Gasteiger partial charge in [0.1, 0.15) is 0 Å². The van der Waals surface area contributed by atoms with Crippen LogP contribution in [-0.2, 0) is 0 Å². The highest BCUT2D eigenvalue weighted by Gasteiger charge is 2.23. The molecule has 0 spiro atoms. The van der Waals surface area contributed by atoms with E-state index in [4.69, 9.17) is 0 Å². The van der Waals surface area contributed by atoms with E-state index in [1.807, 2.05) is 22.7 Å². The average Bonchev–Trinajstić information content (AvgIpc) is 2.88. The van der Waals surface area contributed by atoms with Crippen molar-refractivity contribution in [2.24, 2.45) is 0 Å². The van der Waals surface area contributed by atoms with Gasteiger partial charge in [0, 0.05) is 57.3 Å². The zero-order chi connectivity index (χ0) is 21.3. The van der Waals surface area contributed by atoms with Crippen molar-refractivity contribution in [2.75, 3.05) is 0 Å². The van der Waals surface area contributed by atoms with Crippen LogP contribution in [0, 0.1) is 0 Å². The topological polar surface area (TPSA) is 0 Å². The van der Waals surface area contributed by atoms with Crippen LogP contribution in [-0.4, -0.2) is 0 Å². The summed E-state index contributed by atoms with van der Waals surface area (Å²) in [6.45, 7) is 0. The fourth-order valence-corrected chi connectivity index (χ4v) is 6.41. The largest absolute Gasteiger partial charge is 0.239 e. The van der Waals surface area contributed by atoms with Crippen molar-refractivity contribution in [3.8, 4) is 32.0 Å². The Balaban J connectivity index is 1.70. The molecule has 0 nitrogen and oxygen atoms in total. The molecular formula is C30H20S2+2. The molecule has 2 heterocycles. The van der Waals surface area contributed by atoms with Gasteiger partial charge in [0.05, 0.1) is 0 Å². The molecule has 4 aromatic carbocycles. The van der Waals surface area contributed by atoms with Crippen LogP contribution in [0.25, 0.3) is 52.2 Å². The quantitative estimate of drug-likeness (QED) is 0.238. The smallest absolute Gasteiger partial charge is 0.0622 e. The second kappa shape index (κ2) is 8.23. The van der Waals surface area contributed by atoms with Gasteiger partial charge in [-0.3, -0.25) is 0 Å². The summed E-state index contributed by atoms with van der Waals surface area (Å²) in [5.41, 5.74) is 5.10. The SMILES string of the molecule is c1ccc(-c2cc(-c3cc(-c4ccccc4)[s+]c4ccccc34)c3ccccc3[s+]2)cc1. The number of hydrogen-bond acceptors (Lipinski definition) is 0. The average molecular weight is 445 g/mol. The highest BCUT2D eigenvalue weighted by Crippen LogP contribution is 2.43. The van der Waals surface area contributed by atoms with E-state index in [1.54, 1.807) is 0 Å². The van der Waals surface area contributed by atoms with Crippen LogP contribution in [0.2, 0.25) is 0 Å². The minimum atomic E-state index is 1.26. The molecule has 0 aliphatic rings. The maximum absolute atomic E-state index is 2.38. The highest BCUT2D eigenvalue weighted by molar-refractivity contribution is 7.22. The summed E-state index contributed by atoms with van der Waals surface area (Å²) in [5, 5.41) is 2.61. The summed E-state index contributed by atoms with van der Waals surface area (Å²) in [4.78, 5) is 2.58. The molecule has 32 heavy (non-hydrogen) atoms. The van der Waals surface area contributed by atoms with E-state index in [0.717, 1.165) is 0 Å². The first-order chi connectivity index (χ1) is 15.9. The van der Waals surface area contributed by atoms with E-state index < -0.39 is 0 Å². The molecule has 0 fully saturated rings. The standard InChI is InChI=1S/C30H20S2/c1-3-11-21(12-4-1)29-19-25(23-15-7-9-17-27(23)31-29)26-20-30(22-13-5-2-6-14-22)32-28-18-10-8-16-24(26)28/h1-20H/q+2. The highest BCUT2D eigenvalue weighted by atomic mass is 32.1. The molecule has 0 amide bonds. The van der Waals surface area contributed by atoms with Gasteiger partial charge in [0.25, 0.3) is 0 Å². The Hall–Kier alpha value is -3.46. The van der Waals surface area contributed by atoms with Gasteiger partial charge in [-0.25, -0.2) is 0 Å². The molecule has 2 heteroatoms. The van der Waals surface area contributed by atoms with E-state index in [1.165, 1.54) is 52.2 Å². The fraction of sp³-hybridized carbons (Fsp3) is 0. The van der Waals surface area contributed by atoms with E-state index in [0.29, 0.717) is 0 Å². The maximum Gasteiger partial charge on any atom is 0.239 e. The van der Waals surface area contributed by atoms with Gasteiger partial charge >= 0.3 is 0 Å². The molecule has 0 saturated carbocycles.